The number of rotatable bonds is 5. The molecule has 2 aromatic carbocycles. The lowest BCUT2D eigenvalue weighted by atomic mass is 10.2. The first-order valence-corrected chi connectivity index (χ1v) is 11.5. The number of nitrogens with zero attached hydrogens (tertiary/aromatic N) is 1. The Kier molecular flexibility index (Phi) is 5.53. The maximum Gasteiger partial charge on any atom is 0.374 e. The van der Waals surface area contributed by atoms with Crippen molar-refractivity contribution in [3.05, 3.63) is 65.4 Å². The minimum Gasteiger partial charge on any atom is -0.450 e. The molecule has 1 aliphatic heterocycles. The highest BCUT2D eigenvalue weighted by Crippen LogP contribution is 2.26. The lowest BCUT2D eigenvalue weighted by Gasteiger charge is -2.28. The van der Waals surface area contributed by atoms with E-state index >= 15 is 0 Å². The number of benzene rings is 2. The number of carbonyl (C=O) groups is 2. The number of hydrogen-bond donors (Lipinski definition) is 0. The number of halogens is 1. The van der Waals surface area contributed by atoms with Gasteiger partial charge in [-0.1, -0.05) is 29.8 Å². The van der Waals surface area contributed by atoms with Crippen molar-refractivity contribution in [2.24, 2.45) is 0 Å². The molecule has 3 aromatic rings. The van der Waals surface area contributed by atoms with Crippen molar-refractivity contribution in [3.63, 3.8) is 0 Å². The Morgan fingerprint density at radius 2 is 1.90 bits per heavy atom. The summed E-state index contributed by atoms with van der Waals surface area (Å²) in [6.07, 6.45) is 0.335. The van der Waals surface area contributed by atoms with Gasteiger partial charge >= 0.3 is 5.97 Å². The lowest BCUT2D eigenvalue weighted by Crippen LogP contribution is -2.43. The number of sulfone groups is 1. The van der Waals surface area contributed by atoms with Crippen LogP contribution in [-0.4, -0.2) is 44.4 Å². The van der Waals surface area contributed by atoms with Gasteiger partial charge in [-0.3, -0.25) is 4.79 Å². The monoisotopic (exact) mass is 447 g/mol. The van der Waals surface area contributed by atoms with E-state index in [2.05, 4.69) is 0 Å². The number of amides is 1. The zero-order valence-corrected chi connectivity index (χ0v) is 17.4. The molecule has 156 valence electrons. The zero-order valence-electron chi connectivity index (χ0n) is 15.8. The minimum atomic E-state index is -3.20. The van der Waals surface area contributed by atoms with Crippen LogP contribution in [-0.2, 0) is 19.4 Å². The highest BCUT2D eigenvalue weighted by molar-refractivity contribution is 7.91. The molecule has 9 heteroatoms. The van der Waals surface area contributed by atoms with Gasteiger partial charge in [-0.05, 0) is 42.8 Å². The summed E-state index contributed by atoms with van der Waals surface area (Å²) in [5.74, 6) is -1.44. The van der Waals surface area contributed by atoms with E-state index in [1.807, 2.05) is 0 Å². The second kappa shape index (κ2) is 8.12. The van der Waals surface area contributed by atoms with E-state index in [0.717, 1.165) is 0 Å². The van der Waals surface area contributed by atoms with E-state index in [1.54, 1.807) is 48.5 Å². The lowest BCUT2D eigenvalue weighted by molar-refractivity contribution is -0.122. The van der Waals surface area contributed by atoms with E-state index in [0.29, 0.717) is 28.1 Å². The third-order valence-corrected chi connectivity index (χ3v) is 6.87. The second-order valence-electron chi connectivity index (χ2n) is 7.03. The number of fused-ring (bicyclic) bond motifs is 1. The Morgan fingerprint density at radius 3 is 2.60 bits per heavy atom. The number of hydrogen-bond acceptors (Lipinski definition) is 6. The van der Waals surface area contributed by atoms with Crippen molar-refractivity contribution < 1.29 is 27.2 Å². The molecule has 0 aliphatic carbocycles. The van der Waals surface area contributed by atoms with Crippen LogP contribution in [0.1, 0.15) is 17.0 Å². The third-order valence-electron chi connectivity index (χ3n) is 4.88. The van der Waals surface area contributed by atoms with Crippen molar-refractivity contribution in [1.82, 2.24) is 0 Å². The van der Waals surface area contributed by atoms with Gasteiger partial charge in [0, 0.05) is 16.1 Å². The summed E-state index contributed by atoms with van der Waals surface area (Å²) in [7, 11) is -3.20. The molecule has 0 unspecified atom stereocenters. The first-order chi connectivity index (χ1) is 14.3. The molecule has 0 spiro atoms. The molecule has 1 aromatic heterocycles. The van der Waals surface area contributed by atoms with E-state index in [4.69, 9.17) is 20.8 Å². The molecule has 0 N–H and O–H groups in total. The third kappa shape index (κ3) is 4.34. The number of ether oxygens (including phenoxy) is 1. The Balaban J connectivity index is 1.50. The average Bonchev–Trinajstić information content (AvgIpc) is 3.29. The van der Waals surface area contributed by atoms with Gasteiger partial charge in [-0.15, -0.1) is 0 Å². The predicted molar refractivity (Wildman–Crippen MR) is 112 cm³/mol. The van der Waals surface area contributed by atoms with Gasteiger partial charge in [0.05, 0.1) is 17.5 Å². The summed E-state index contributed by atoms with van der Waals surface area (Å²) in [4.78, 5) is 26.7. The molecular weight excluding hydrogens is 430 g/mol. The topological polar surface area (TPSA) is 93.9 Å². The van der Waals surface area contributed by atoms with Gasteiger partial charge in [0.1, 0.15) is 5.58 Å². The van der Waals surface area contributed by atoms with Gasteiger partial charge < -0.3 is 14.1 Å². The standard InChI is InChI=1S/C21H18ClNO6S/c22-15-6-7-18-14(10-15)11-19(29-18)21(25)28-12-20(24)23(16-4-2-1-3-5-16)17-8-9-30(26,27)13-17/h1-7,10-11,17H,8-9,12-13H2/t17-/m0/s1. The molecule has 0 bridgehead atoms. The van der Waals surface area contributed by atoms with Crippen molar-refractivity contribution in [1.29, 1.82) is 0 Å². The Morgan fingerprint density at radius 1 is 1.13 bits per heavy atom. The van der Waals surface area contributed by atoms with Gasteiger partial charge in [-0.25, -0.2) is 13.2 Å². The number of furan rings is 1. The number of esters is 1. The average molecular weight is 448 g/mol. The van der Waals surface area contributed by atoms with Crippen LogP contribution in [0.15, 0.2) is 59.0 Å². The van der Waals surface area contributed by atoms with E-state index in [1.165, 1.54) is 11.0 Å². The van der Waals surface area contributed by atoms with Crippen LogP contribution in [0.3, 0.4) is 0 Å². The summed E-state index contributed by atoms with van der Waals surface area (Å²) in [5, 5.41) is 1.14. The van der Waals surface area contributed by atoms with Crippen molar-refractivity contribution >= 4 is 50.0 Å². The molecule has 0 saturated carbocycles. The molecule has 1 amide bonds. The normalized spacial score (nSPS) is 17.7. The SMILES string of the molecule is O=C(OCC(=O)N(c1ccccc1)[C@H]1CCS(=O)(=O)C1)c1cc2cc(Cl)ccc2o1. The molecule has 30 heavy (non-hydrogen) atoms. The van der Waals surface area contributed by atoms with E-state index in [9.17, 15) is 18.0 Å². The molecule has 1 fully saturated rings. The molecule has 4 rings (SSSR count). The van der Waals surface area contributed by atoms with E-state index < -0.39 is 34.4 Å². The van der Waals surface area contributed by atoms with Gasteiger partial charge in [0.2, 0.25) is 5.76 Å². The fraction of sp³-hybridized carbons (Fsp3) is 0.238. The number of anilines is 1. The fourth-order valence-electron chi connectivity index (χ4n) is 3.51. The molecular formula is C21H18ClNO6S. The minimum absolute atomic E-state index is 0.0234. The summed E-state index contributed by atoms with van der Waals surface area (Å²) < 4.78 is 34.4. The van der Waals surface area contributed by atoms with Crippen LogP contribution in [0.2, 0.25) is 5.02 Å². The molecule has 1 aliphatic rings. The smallest absolute Gasteiger partial charge is 0.374 e. The van der Waals surface area contributed by atoms with Crippen molar-refractivity contribution in [2.75, 3.05) is 23.0 Å². The quantitative estimate of drug-likeness (QED) is 0.556. The molecule has 2 heterocycles. The molecule has 7 nitrogen and oxygen atoms in total. The summed E-state index contributed by atoms with van der Waals surface area (Å²) >= 11 is 5.93. The van der Waals surface area contributed by atoms with Crippen LogP contribution in [0.4, 0.5) is 5.69 Å². The summed E-state index contributed by atoms with van der Waals surface area (Å²) in [5.41, 5.74) is 1.03. The predicted octanol–water partition coefficient (Wildman–Crippen LogP) is 3.46. The Bertz CT molecular complexity index is 1200. The van der Waals surface area contributed by atoms with Crippen LogP contribution in [0.25, 0.3) is 11.0 Å². The molecule has 1 saturated heterocycles. The van der Waals surface area contributed by atoms with Crippen molar-refractivity contribution in [3.8, 4) is 0 Å². The maximum atomic E-state index is 12.9. The summed E-state index contributed by atoms with van der Waals surface area (Å²) in [6.45, 7) is -0.540. The van der Waals surface area contributed by atoms with Crippen LogP contribution in [0, 0.1) is 0 Å². The van der Waals surface area contributed by atoms with Crippen LogP contribution < -0.4 is 4.90 Å². The van der Waals surface area contributed by atoms with Crippen LogP contribution >= 0.6 is 11.6 Å². The van der Waals surface area contributed by atoms with E-state index in [-0.39, 0.29) is 17.3 Å². The van der Waals surface area contributed by atoms with Gasteiger partial charge in [0.25, 0.3) is 5.91 Å². The number of para-hydroxylation sites is 1. The van der Waals surface area contributed by atoms with Crippen molar-refractivity contribution in [2.45, 2.75) is 12.5 Å². The molecule has 1 atom stereocenters. The second-order valence-corrected chi connectivity index (χ2v) is 9.69. The highest BCUT2D eigenvalue weighted by Gasteiger charge is 2.36. The Hall–Kier alpha value is -2.84. The summed E-state index contributed by atoms with van der Waals surface area (Å²) in [6, 6.07) is 14.7. The highest BCUT2D eigenvalue weighted by atomic mass is 35.5. The first kappa shape index (κ1) is 20.4. The largest absolute Gasteiger partial charge is 0.450 e. The Labute approximate surface area is 178 Å². The zero-order chi connectivity index (χ0) is 21.3. The number of carbonyl (C=O) groups excluding carboxylic acids is 2. The van der Waals surface area contributed by atoms with Crippen LogP contribution in [0.5, 0.6) is 0 Å². The maximum absolute atomic E-state index is 12.9. The molecule has 0 radical (unpaired) electrons. The first-order valence-electron chi connectivity index (χ1n) is 9.26. The van der Waals surface area contributed by atoms with Gasteiger partial charge in [0.15, 0.2) is 16.4 Å². The van der Waals surface area contributed by atoms with Gasteiger partial charge in [-0.2, -0.15) is 0 Å². The fourth-order valence-corrected chi connectivity index (χ4v) is 5.39.